The maximum absolute atomic E-state index is 10.9. The van der Waals surface area contributed by atoms with Crippen molar-refractivity contribution in [3.63, 3.8) is 0 Å². The highest BCUT2D eigenvalue weighted by Gasteiger charge is 2.42. The summed E-state index contributed by atoms with van der Waals surface area (Å²) < 4.78 is 0. The molecule has 1 aromatic rings. The molecule has 4 rings (SSSR count). The number of hydrogen-bond donors (Lipinski definition) is 0. The fourth-order valence-corrected chi connectivity index (χ4v) is 4.94. The summed E-state index contributed by atoms with van der Waals surface area (Å²) in [6, 6.07) is 7.90. The van der Waals surface area contributed by atoms with E-state index in [0.29, 0.717) is 0 Å². The molecule has 5 heteroatoms. The molecule has 0 N–H and O–H groups in total. The fourth-order valence-electron chi connectivity index (χ4n) is 4.94. The van der Waals surface area contributed by atoms with Crippen LogP contribution in [-0.2, 0) is 6.54 Å². The lowest BCUT2D eigenvalue weighted by molar-refractivity contribution is -0.384. The highest BCUT2D eigenvalue weighted by molar-refractivity contribution is 5.34. The first kappa shape index (κ1) is 15.1. The third-order valence-corrected chi connectivity index (χ3v) is 6.10. The van der Waals surface area contributed by atoms with Crippen LogP contribution >= 0.6 is 0 Å². The van der Waals surface area contributed by atoms with E-state index in [9.17, 15) is 10.1 Å². The van der Waals surface area contributed by atoms with Crippen LogP contribution in [0.5, 0.6) is 0 Å². The smallest absolute Gasteiger partial charge is 0.269 e. The summed E-state index contributed by atoms with van der Waals surface area (Å²) in [4.78, 5) is 15.7. The van der Waals surface area contributed by atoms with Crippen LogP contribution in [0.2, 0.25) is 0 Å². The van der Waals surface area contributed by atoms with Crippen LogP contribution in [0.1, 0.15) is 31.2 Å². The number of nitro benzene ring substituents is 1. The van der Waals surface area contributed by atoms with Crippen molar-refractivity contribution < 1.29 is 4.92 Å². The normalized spacial score (nSPS) is 31.6. The van der Waals surface area contributed by atoms with Crippen molar-refractivity contribution in [1.29, 1.82) is 0 Å². The maximum atomic E-state index is 10.9. The van der Waals surface area contributed by atoms with Gasteiger partial charge in [-0.1, -0.05) is 18.6 Å². The highest BCUT2D eigenvalue weighted by Crippen LogP contribution is 2.46. The molecule has 3 fully saturated rings. The van der Waals surface area contributed by atoms with Gasteiger partial charge in [0.1, 0.15) is 0 Å². The van der Waals surface area contributed by atoms with E-state index in [1.54, 1.807) is 18.2 Å². The van der Waals surface area contributed by atoms with Gasteiger partial charge in [0.15, 0.2) is 0 Å². The molecule has 0 amide bonds. The minimum absolute atomic E-state index is 0.197. The van der Waals surface area contributed by atoms with Crippen LogP contribution < -0.4 is 0 Å². The van der Waals surface area contributed by atoms with Crippen molar-refractivity contribution in [2.75, 3.05) is 26.2 Å². The van der Waals surface area contributed by atoms with Gasteiger partial charge in [-0.2, -0.15) is 0 Å². The number of benzene rings is 1. The third kappa shape index (κ3) is 3.12. The topological polar surface area (TPSA) is 49.6 Å². The summed E-state index contributed by atoms with van der Waals surface area (Å²) in [6.45, 7) is 5.30. The van der Waals surface area contributed by atoms with Gasteiger partial charge < -0.3 is 0 Å². The van der Waals surface area contributed by atoms with Crippen LogP contribution in [0.4, 0.5) is 5.69 Å². The molecule has 3 atom stereocenters. The molecule has 0 radical (unpaired) electrons. The van der Waals surface area contributed by atoms with Crippen LogP contribution in [-0.4, -0.2) is 46.9 Å². The van der Waals surface area contributed by atoms with Crippen molar-refractivity contribution in [2.24, 2.45) is 11.8 Å². The van der Waals surface area contributed by atoms with Gasteiger partial charge >= 0.3 is 0 Å². The molecular formula is C18H25N3O2. The van der Waals surface area contributed by atoms with Gasteiger partial charge in [-0.25, -0.2) is 0 Å². The molecule has 0 aromatic heterocycles. The minimum atomic E-state index is -0.309. The van der Waals surface area contributed by atoms with Gasteiger partial charge in [0.25, 0.3) is 5.69 Å². The van der Waals surface area contributed by atoms with E-state index in [-0.39, 0.29) is 10.6 Å². The largest absolute Gasteiger partial charge is 0.298 e. The van der Waals surface area contributed by atoms with Crippen molar-refractivity contribution in [2.45, 2.75) is 38.3 Å². The lowest BCUT2D eigenvalue weighted by Gasteiger charge is -2.41. The van der Waals surface area contributed by atoms with Crippen molar-refractivity contribution >= 4 is 5.69 Å². The molecule has 0 spiro atoms. The van der Waals surface area contributed by atoms with E-state index in [1.165, 1.54) is 25.7 Å². The van der Waals surface area contributed by atoms with Crippen molar-refractivity contribution in [3.05, 3.63) is 39.9 Å². The molecule has 124 valence electrons. The van der Waals surface area contributed by atoms with Gasteiger partial charge in [-0.15, -0.1) is 0 Å². The first-order chi connectivity index (χ1) is 11.2. The summed E-state index contributed by atoms with van der Waals surface area (Å²) in [5, 5.41) is 10.9. The minimum Gasteiger partial charge on any atom is -0.298 e. The molecule has 1 aliphatic heterocycles. The number of rotatable bonds is 4. The van der Waals surface area contributed by atoms with E-state index in [1.807, 2.05) is 6.07 Å². The zero-order valence-corrected chi connectivity index (χ0v) is 13.6. The Morgan fingerprint density at radius 1 is 1.13 bits per heavy atom. The number of nitro groups is 1. The van der Waals surface area contributed by atoms with Crippen LogP contribution in [0.25, 0.3) is 0 Å². The molecular weight excluding hydrogens is 290 g/mol. The lowest BCUT2D eigenvalue weighted by Crippen LogP contribution is -2.51. The summed E-state index contributed by atoms with van der Waals surface area (Å²) in [7, 11) is 0. The van der Waals surface area contributed by atoms with Gasteiger partial charge in [-0.05, 0) is 36.7 Å². The van der Waals surface area contributed by atoms with E-state index in [4.69, 9.17) is 0 Å². The second kappa shape index (κ2) is 6.21. The predicted octanol–water partition coefficient (Wildman–Crippen LogP) is 2.90. The highest BCUT2D eigenvalue weighted by atomic mass is 16.6. The van der Waals surface area contributed by atoms with E-state index in [0.717, 1.165) is 56.2 Å². The number of fused-ring (bicyclic) bond motifs is 2. The van der Waals surface area contributed by atoms with Gasteiger partial charge in [0.2, 0.25) is 0 Å². The van der Waals surface area contributed by atoms with Crippen LogP contribution in [0.15, 0.2) is 24.3 Å². The average molecular weight is 315 g/mol. The predicted molar refractivity (Wildman–Crippen MR) is 89.2 cm³/mol. The maximum Gasteiger partial charge on any atom is 0.269 e. The zero-order valence-electron chi connectivity index (χ0n) is 13.6. The average Bonchev–Trinajstić information content (AvgIpc) is 3.19. The SMILES string of the molecule is O=[N+]([O-])c1cccc(CN2CCN([C@@H]3C[C@H]4CC[C@H]3C4)CC2)c1. The molecule has 0 unspecified atom stereocenters. The summed E-state index contributed by atoms with van der Waals surface area (Å²) in [5.74, 6) is 1.97. The second-order valence-electron chi connectivity index (χ2n) is 7.48. The Hall–Kier alpha value is -1.46. The van der Waals surface area contributed by atoms with Crippen LogP contribution in [0.3, 0.4) is 0 Å². The number of nitrogens with zero attached hydrogens (tertiary/aromatic N) is 3. The molecule has 5 nitrogen and oxygen atoms in total. The monoisotopic (exact) mass is 315 g/mol. The first-order valence-corrected chi connectivity index (χ1v) is 8.89. The van der Waals surface area contributed by atoms with Gasteiger partial charge in [-0.3, -0.25) is 19.9 Å². The Morgan fingerprint density at radius 3 is 2.61 bits per heavy atom. The molecule has 1 aromatic carbocycles. The molecule has 1 saturated heterocycles. The van der Waals surface area contributed by atoms with Gasteiger partial charge in [0.05, 0.1) is 4.92 Å². The molecule has 2 saturated carbocycles. The van der Waals surface area contributed by atoms with E-state index in [2.05, 4.69) is 9.80 Å². The summed E-state index contributed by atoms with van der Waals surface area (Å²) >= 11 is 0. The van der Waals surface area contributed by atoms with Gasteiger partial charge in [0, 0.05) is 50.9 Å². The van der Waals surface area contributed by atoms with Crippen LogP contribution in [0, 0.1) is 22.0 Å². The standard InChI is InChI=1S/C18H25N3O2/c22-21(23)17-3-1-2-15(11-17)13-19-6-8-20(9-7-19)18-12-14-4-5-16(18)10-14/h1-3,11,14,16,18H,4-10,12-13H2/t14-,16-,18+/m0/s1. The molecule has 23 heavy (non-hydrogen) atoms. The van der Waals surface area contributed by atoms with Crippen molar-refractivity contribution in [3.8, 4) is 0 Å². The molecule has 1 heterocycles. The van der Waals surface area contributed by atoms with E-state index < -0.39 is 0 Å². The Labute approximate surface area is 137 Å². The fraction of sp³-hybridized carbons (Fsp3) is 0.667. The molecule has 2 aliphatic carbocycles. The number of hydrogen-bond acceptors (Lipinski definition) is 4. The second-order valence-corrected chi connectivity index (χ2v) is 7.48. The number of piperazine rings is 1. The zero-order chi connectivity index (χ0) is 15.8. The Morgan fingerprint density at radius 2 is 1.96 bits per heavy atom. The molecule has 2 bridgehead atoms. The Kier molecular flexibility index (Phi) is 4.07. The van der Waals surface area contributed by atoms with E-state index >= 15 is 0 Å². The summed E-state index contributed by atoms with van der Waals surface area (Å²) in [6.07, 6.45) is 5.81. The van der Waals surface area contributed by atoms with Crippen molar-refractivity contribution in [1.82, 2.24) is 9.80 Å². The third-order valence-electron chi connectivity index (χ3n) is 6.10. The number of non-ortho nitro benzene ring substituents is 1. The lowest BCUT2D eigenvalue weighted by atomic mass is 9.93. The first-order valence-electron chi connectivity index (χ1n) is 8.89. The molecule has 3 aliphatic rings. The quantitative estimate of drug-likeness (QED) is 0.633. The summed E-state index contributed by atoms with van der Waals surface area (Å²) in [5.41, 5.74) is 1.25. The Balaban J connectivity index is 1.31. The Bertz CT molecular complexity index is 583.